The summed E-state index contributed by atoms with van der Waals surface area (Å²) in [4.78, 5) is 0.0495. The van der Waals surface area contributed by atoms with Gasteiger partial charge in [0.15, 0.2) is 0 Å². The molecule has 4 rings (SSSR count). The largest absolute Gasteiger partial charge is 0.493 e. The second-order valence-electron chi connectivity index (χ2n) is 6.71. The summed E-state index contributed by atoms with van der Waals surface area (Å²) in [5.41, 5.74) is 5.13. The first kappa shape index (κ1) is 18.9. The molecule has 0 spiro atoms. The van der Waals surface area contributed by atoms with Crippen LogP contribution in [0.25, 0.3) is 22.4 Å². The Morgan fingerprint density at radius 3 is 2.21 bits per heavy atom. The van der Waals surface area contributed by atoms with Crippen LogP contribution in [0.1, 0.15) is 11.1 Å². The molecule has 4 aromatic rings. The van der Waals surface area contributed by atoms with Gasteiger partial charge in [-0.15, -0.1) is 0 Å². The molecule has 0 aliphatic carbocycles. The fourth-order valence-corrected chi connectivity index (χ4v) is 3.76. The van der Waals surface area contributed by atoms with Crippen LogP contribution in [0.15, 0.2) is 83.8 Å². The summed E-state index contributed by atoms with van der Waals surface area (Å²) in [6.45, 7) is 0. The molecule has 0 atom stereocenters. The Labute approximate surface area is 168 Å². The molecule has 0 bridgehead atoms. The molecule has 3 aromatic carbocycles. The van der Waals surface area contributed by atoms with Gasteiger partial charge in [0, 0.05) is 17.5 Å². The topological polar surface area (TPSA) is 109 Å². The fourth-order valence-electron chi connectivity index (χ4n) is 3.24. The molecular weight excluding hydrogens is 386 g/mol. The van der Waals surface area contributed by atoms with E-state index in [1.165, 1.54) is 12.1 Å². The molecule has 0 aliphatic rings. The third-order valence-electron chi connectivity index (χ3n) is 4.72. The van der Waals surface area contributed by atoms with Crippen LogP contribution in [0.5, 0.6) is 5.88 Å². The predicted octanol–water partition coefficient (Wildman–Crippen LogP) is 3.69. The highest BCUT2D eigenvalue weighted by Gasteiger charge is 2.16. The predicted molar refractivity (Wildman–Crippen MR) is 112 cm³/mol. The molecule has 0 unspecified atom stereocenters. The van der Waals surface area contributed by atoms with E-state index in [9.17, 15) is 13.5 Å². The number of hydrogen-bond donors (Lipinski definition) is 3. The van der Waals surface area contributed by atoms with Crippen LogP contribution in [0.4, 0.5) is 0 Å². The number of sulfonamides is 1. The molecular formula is C22H19N3O3S. The van der Waals surface area contributed by atoms with Gasteiger partial charge in [-0.1, -0.05) is 60.7 Å². The van der Waals surface area contributed by atoms with E-state index in [-0.39, 0.29) is 10.8 Å². The van der Waals surface area contributed by atoms with Gasteiger partial charge in [0.2, 0.25) is 15.9 Å². The van der Waals surface area contributed by atoms with Crippen molar-refractivity contribution in [3.8, 4) is 28.3 Å². The lowest BCUT2D eigenvalue weighted by Gasteiger charge is -2.07. The summed E-state index contributed by atoms with van der Waals surface area (Å²) in [5, 5.41) is 22.4. The molecule has 1 aromatic heterocycles. The minimum Gasteiger partial charge on any atom is -0.493 e. The van der Waals surface area contributed by atoms with Crippen molar-refractivity contribution in [2.75, 3.05) is 0 Å². The minimum absolute atomic E-state index is 0.0133. The lowest BCUT2D eigenvalue weighted by molar-refractivity contribution is 0.447. The van der Waals surface area contributed by atoms with Crippen molar-refractivity contribution in [1.29, 1.82) is 0 Å². The average Bonchev–Trinajstić information content (AvgIpc) is 3.09. The number of benzene rings is 3. The third kappa shape index (κ3) is 4.06. The molecule has 4 N–H and O–H groups in total. The molecule has 0 radical (unpaired) electrons. The fraction of sp³-hybridized carbons (Fsp3) is 0.0455. The molecule has 146 valence electrons. The van der Waals surface area contributed by atoms with Gasteiger partial charge in [-0.2, -0.15) is 5.10 Å². The summed E-state index contributed by atoms with van der Waals surface area (Å²) < 4.78 is 22.9. The Bertz CT molecular complexity index is 1250. The maximum atomic E-state index is 11.4. The van der Waals surface area contributed by atoms with Crippen molar-refractivity contribution in [3.63, 3.8) is 0 Å². The van der Waals surface area contributed by atoms with Crippen LogP contribution in [-0.4, -0.2) is 23.7 Å². The Morgan fingerprint density at radius 1 is 0.862 bits per heavy atom. The van der Waals surface area contributed by atoms with Gasteiger partial charge >= 0.3 is 0 Å². The number of rotatable bonds is 5. The Kier molecular flexibility index (Phi) is 4.92. The SMILES string of the molecule is NS(=O)(=O)c1ccc(Cc2c(-c3cccc(-c4ccccc4)c3)n[nH]c2O)cc1. The van der Waals surface area contributed by atoms with E-state index in [2.05, 4.69) is 10.2 Å². The zero-order valence-corrected chi connectivity index (χ0v) is 16.2. The molecule has 29 heavy (non-hydrogen) atoms. The first-order valence-electron chi connectivity index (χ1n) is 8.95. The summed E-state index contributed by atoms with van der Waals surface area (Å²) in [7, 11) is -3.74. The molecule has 0 aliphatic heterocycles. The smallest absolute Gasteiger partial charge is 0.238 e. The van der Waals surface area contributed by atoms with Crippen molar-refractivity contribution in [2.45, 2.75) is 11.3 Å². The number of aromatic nitrogens is 2. The van der Waals surface area contributed by atoms with Crippen LogP contribution in [-0.2, 0) is 16.4 Å². The summed E-state index contributed by atoms with van der Waals surface area (Å²) in [6, 6.07) is 24.2. The number of aromatic amines is 1. The number of primary sulfonamides is 1. The van der Waals surface area contributed by atoms with Crippen LogP contribution in [0.2, 0.25) is 0 Å². The molecule has 0 saturated heterocycles. The Hall–Kier alpha value is -3.42. The zero-order valence-electron chi connectivity index (χ0n) is 15.4. The number of aromatic hydroxyl groups is 1. The van der Waals surface area contributed by atoms with Crippen LogP contribution >= 0.6 is 0 Å². The summed E-state index contributed by atoms with van der Waals surface area (Å²) in [5.74, 6) is -0.0133. The van der Waals surface area contributed by atoms with E-state index >= 15 is 0 Å². The monoisotopic (exact) mass is 405 g/mol. The maximum Gasteiger partial charge on any atom is 0.238 e. The average molecular weight is 405 g/mol. The lowest BCUT2D eigenvalue weighted by Crippen LogP contribution is -2.11. The van der Waals surface area contributed by atoms with Gasteiger partial charge in [-0.3, -0.25) is 0 Å². The molecule has 0 saturated carbocycles. The van der Waals surface area contributed by atoms with E-state index in [4.69, 9.17) is 5.14 Å². The van der Waals surface area contributed by atoms with Gasteiger partial charge < -0.3 is 5.11 Å². The van der Waals surface area contributed by atoms with Gasteiger partial charge in [0.05, 0.1) is 10.6 Å². The highest BCUT2D eigenvalue weighted by molar-refractivity contribution is 7.89. The Morgan fingerprint density at radius 2 is 1.52 bits per heavy atom. The molecule has 7 heteroatoms. The quantitative estimate of drug-likeness (QED) is 0.470. The number of nitrogens with one attached hydrogen (secondary N) is 1. The van der Waals surface area contributed by atoms with Crippen LogP contribution < -0.4 is 5.14 Å². The first-order valence-corrected chi connectivity index (χ1v) is 10.5. The number of nitrogens with two attached hydrogens (primary N) is 1. The van der Waals surface area contributed by atoms with E-state index < -0.39 is 10.0 Å². The van der Waals surface area contributed by atoms with E-state index in [1.54, 1.807) is 12.1 Å². The molecule has 1 heterocycles. The van der Waals surface area contributed by atoms with Crippen molar-refractivity contribution in [3.05, 3.63) is 90.0 Å². The van der Waals surface area contributed by atoms with Crippen LogP contribution in [0, 0.1) is 0 Å². The van der Waals surface area contributed by atoms with E-state index in [0.717, 1.165) is 22.3 Å². The van der Waals surface area contributed by atoms with Crippen molar-refractivity contribution in [2.24, 2.45) is 5.14 Å². The summed E-state index contributed by atoms with van der Waals surface area (Å²) >= 11 is 0. The second kappa shape index (κ2) is 7.54. The van der Waals surface area contributed by atoms with Crippen molar-refractivity contribution in [1.82, 2.24) is 10.2 Å². The minimum atomic E-state index is -3.74. The van der Waals surface area contributed by atoms with Crippen molar-refractivity contribution >= 4 is 10.0 Å². The van der Waals surface area contributed by atoms with Gasteiger partial charge in [-0.25, -0.2) is 18.7 Å². The molecule has 6 nitrogen and oxygen atoms in total. The normalized spacial score (nSPS) is 11.5. The lowest BCUT2D eigenvalue weighted by atomic mass is 9.98. The van der Waals surface area contributed by atoms with Gasteiger partial charge in [-0.05, 0) is 34.9 Å². The highest BCUT2D eigenvalue weighted by Crippen LogP contribution is 2.32. The van der Waals surface area contributed by atoms with E-state index in [1.807, 2.05) is 54.6 Å². The number of nitrogens with zero attached hydrogens (tertiary/aromatic N) is 1. The number of H-pyrrole nitrogens is 1. The summed E-state index contributed by atoms with van der Waals surface area (Å²) in [6.07, 6.45) is 0.387. The zero-order chi connectivity index (χ0) is 20.4. The first-order chi connectivity index (χ1) is 13.9. The van der Waals surface area contributed by atoms with Crippen molar-refractivity contribution < 1.29 is 13.5 Å². The Balaban J connectivity index is 1.68. The molecule has 0 amide bonds. The highest BCUT2D eigenvalue weighted by atomic mass is 32.2. The number of hydrogen-bond acceptors (Lipinski definition) is 4. The third-order valence-corrected chi connectivity index (χ3v) is 5.65. The maximum absolute atomic E-state index is 11.4. The van der Waals surface area contributed by atoms with Crippen LogP contribution in [0.3, 0.4) is 0 Å². The second-order valence-corrected chi connectivity index (χ2v) is 8.27. The van der Waals surface area contributed by atoms with E-state index in [0.29, 0.717) is 17.7 Å². The van der Waals surface area contributed by atoms with Gasteiger partial charge in [0.1, 0.15) is 0 Å². The van der Waals surface area contributed by atoms with Gasteiger partial charge in [0.25, 0.3) is 0 Å². The standard InChI is InChI=1S/C22H19N3O3S/c23-29(27,28)19-11-9-15(10-12-19)13-20-21(24-25-22(20)26)18-8-4-7-17(14-18)16-5-2-1-3-6-16/h1-12,14H,13H2,(H2,23,27,28)(H2,24,25,26). The molecule has 0 fully saturated rings.